The van der Waals surface area contributed by atoms with Crippen LogP contribution in [0.2, 0.25) is 0 Å². The number of aromatic nitrogens is 3. The van der Waals surface area contributed by atoms with E-state index in [1.54, 1.807) is 11.9 Å². The number of nitrogens with one attached hydrogen (secondary N) is 1. The van der Waals surface area contributed by atoms with Gasteiger partial charge in [0.05, 0.1) is 18.6 Å². The molecule has 2 atom stereocenters. The fourth-order valence-electron chi connectivity index (χ4n) is 2.09. The second-order valence-electron chi connectivity index (χ2n) is 4.50. The van der Waals surface area contributed by atoms with Gasteiger partial charge in [-0.1, -0.05) is 0 Å². The lowest BCUT2D eigenvalue weighted by Crippen LogP contribution is -2.35. The third-order valence-corrected chi connectivity index (χ3v) is 3.09. The lowest BCUT2D eigenvalue weighted by molar-refractivity contribution is -0.136. The number of amides is 1. The van der Waals surface area contributed by atoms with Gasteiger partial charge in [-0.25, -0.2) is 4.98 Å². The highest BCUT2D eigenvalue weighted by Gasteiger charge is 2.32. The Kier molecular flexibility index (Phi) is 3.42. The van der Waals surface area contributed by atoms with Crippen LogP contribution in [-0.4, -0.2) is 45.7 Å². The van der Waals surface area contributed by atoms with Crippen molar-refractivity contribution in [3.05, 3.63) is 11.6 Å². The van der Waals surface area contributed by atoms with Gasteiger partial charge in [0.15, 0.2) is 5.82 Å². The van der Waals surface area contributed by atoms with Crippen LogP contribution >= 0.6 is 0 Å². The van der Waals surface area contributed by atoms with Crippen LogP contribution in [0, 0.1) is 12.8 Å². The van der Waals surface area contributed by atoms with Crippen molar-refractivity contribution >= 4 is 5.91 Å². The first-order chi connectivity index (χ1) is 8.08. The molecule has 2 heterocycles. The maximum absolute atomic E-state index is 12.1. The van der Waals surface area contributed by atoms with E-state index in [-0.39, 0.29) is 17.9 Å². The van der Waals surface area contributed by atoms with Crippen molar-refractivity contribution in [3.8, 4) is 0 Å². The van der Waals surface area contributed by atoms with Crippen LogP contribution in [0.25, 0.3) is 0 Å². The quantitative estimate of drug-likeness (QED) is 0.832. The molecule has 0 radical (unpaired) electrons. The molecule has 6 heteroatoms. The summed E-state index contributed by atoms with van der Waals surface area (Å²) in [6.07, 6.45) is 0.816. The van der Waals surface area contributed by atoms with E-state index in [0.717, 1.165) is 12.2 Å². The third-order valence-electron chi connectivity index (χ3n) is 3.09. The van der Waals surface area contributed by atoms with Gasteiger partial charge < -0.3 is 9.64 Å². The molecule has 0 bridgehead atoms. The van der Waals surface area contributed by atoms with Gasteiger partial charge in [-0.05, 0) is 20.3 Å². The van der Waals surface area contributed by atoms with Gasteiger partial charge in [-0.3, -0.25) is 9.89 Å². The number of carbonyl (C=O) groups excluding carboxylic acids is 1. The zero-order chi connectivity index (χ0) is 12.4. The van der Waals surface area contributed by atoms with Crippen molar-refractivity contribution in [2.24, 2.45) is 5.92 Å². The minimum atomic E-state index is -0.0277. The molecule has 2 rings (SSSR count). The molecule has 1 aromatic rings. The second-order valence-corrected chi connectivity index (χ2v) is 4.50. The average Bonchev–Trinajstić information content (AvgIpc) is 2.86. The summed E-state index contributed by atoms with van der Waals surface area (Å²) in [5, 5.41) is 6.79. The first-order valence-corrected chi connectivity index (χ1v) is 5.82. The molecule has 0 aliphatic carbocycles. The zero-order valence-electron chi connectivity index (χ0n) is 10.4. The van der Waals surface area contributed by atoms with E-state index in [4.69, 9.17) is 4.74 Å². The normalized spacial score (nSPS) is 23.9. The molecular weight excluding hydrogens is 220 g/mol. The molecule has 1 saturated heterocycles. The number of ether oxygens (including phenoxy) is 1. The summed E-state index contributed by atoms with van der Waals surface area (Å²) >= 11 is 0. The molecule has 94 valence electrons. The summed E-state index contributed by atoms with van der Waals surface area (Å²) in [5.41, 5.74) is 0. The predicted molar refractivity (Wildman–Crippen MR) is 61.1 cm³/mol. The van der Waals surface area contributed by atoms with Gasteiger partial charge in [0.2, 0.25) is 5.91 Å². The minimum Gasteiger partial charge on any atom is -0.378 e. The molecule has 1 aliphatic rings. The monoisotopic (exact) mass is 238 g/mol. The molecule has 2 unspecified atom stereocenters. The fourth-order valence-corrected chi connectivity index (χ4v) is 2.09. The number of aryl methyl sites for hydroxylation is 1. The zero-order valence-corrected chi connectivity index (χ0v) is 10.4. The van der Waals surface area contributed by atoms with Gasteiger partial charge in [0.25, 0.3) is 0 Å². The summed E-state index contributed by atoms with van der Waals surface area (Å²) in [7, 11) is 1.78. The molecular formula is C11H18N4O2. The van der Waals surface area contributed by atoms with E-state index < -0.39 is 0 Å². The van der Waals surface area contributed by atoms with E-state index in [1.807, 2.05) is 13.8 Å². The number of hydrogen-bond acceptors (Lipinski definition) is 4. The van der Waals surface area contributed by atoms with E-state index >= 15 is 0 Å². The number of rotatable bonds is 3. The lowest BCUT2D eigenvalue weighted by Gasteiger charge is -2.21. The second kappa shape index (κ2) is 4.83. The maximum Gasteiger partial charge on any atom is 0.228 e. The molecule has 1 aliphatic heterocycles. The Bertz CT molecular complexity index is 404. The summed E-state index contributed by atoms with van der Waals surface area (Å²) in [6, 6.07) is 0. The Hall–Kier alpha value is -1.43. The third kappa shape index (κ3) is 2.63. The molecule has 1 fully saturated rings. The van der Waals surface area contributed by atoms with Gasteiger partial charge in [0.1, 0.15) is 5.82 Å². The van der Waals surface area contributed by atoms with Gasteiger partial charge >= 0.3 is 0 Å². The maximum atomic E-state index is 12.1. The smallest absolute Gasteiger partial charge is 0.228 e. The molecule has 0 aromatic carbocycles. The SMILES string of the molecule is Cc1nc(CN(C)C(=O)C2CCOC2C)n[nH]1. The number of aromatic amines is 1. The molecule has 0 spiro atoms. The lowest BCUT2D eigenvalue weighted by atomic mass is 10.0. The molecule has 1 N–H and O–H groups in total. The van der Waals surface area contributed by atoms with E-state index in [0.29, 0.717) is 19.0 Å². The molecule has 1 aromatic heterocycles. The minimum absolute atomic E-state index is 0.0128. The Morgan fingerprint density at radius 3 is 2.94 bits per heavy atom. The number of hydrogen-bond donors (Lipinski definition) is 1. The van der Waals surface area contributed by atoms with Crippen molar-refractivity contribution in [2.45, 2.75) is 32.9 Å². The highest BCUT2D eigenvalue weighted by atomic mass is 16.5. The highest BCUT2D eigenvalue weighted by molar-refractivity contribution is 5.79. The highest BCUT2D eigenvalue weighted by Crippen LogP contribution is 2.22. The van der Waals surface area contributed by atoms with Crippen LogP contribution in [0.4, 0.5) is 0 Å². The predicted octanol–water partition coefficient (Wildman–Crippen LogP) is 0.497. The van der Waals surface area contributed by atoms with E-state index in [2.05, 4.69) is 15.2 Å². The Labute approximate surface area is 100 Å². The fraction of sp³-hybridized carbons (Fsp3) is 0.727. The summed E-state index contributed by atoms with van der Waals surface area (Å²) < 4.78 is 5.41. The van der Waals surface area contributed by atoms with Crippen LogP contribution in [0.5, 0.6) is 0 Å². The van der Waals surface area contributed by atoms with Crippen LogP contribution in [0.15, 0.2) is 0 Å². The Balaban J connectivity index is 1.95. The summed E-state index contributed by atoms with van der Waals surface area (Å²) in [5.74, 6) is 1.49. The van der Waals surface area contributed by atoms with E-state index in [9.17, 15) is 4.79 Å². The van der Waals surface area contributed by atoms with Crippen LogP contribution in [-0.2, 0) is 16.1 Å². The standard InChI is InChI=1S/C11H18N4O2/c1-7-9(4-5-17-7)11(16)15(3)6-10-12-8(2)13-14-10/h7,9H,4-6H2,1-3H3,(H,12,13,14). The van der Waals surface area contributed by atoms with Crippen molar-refractivity contribution in [1.29, 1.82) is 0 Å². The first-order valence-electron chi connectivity index (χ1n) is 5.82. The summed E-state index contributed by atoms with van der Waals surface area (Å²) in [4.78, 5) is 18.0. The molecule has 1 amide bonds. The van der Waals surface area contributed by atoms with Gasteiger partial charge in [-0.15, -0.1) is 0 Å². The van der Waals surface area contributed by atoms with Crippen LogP contribution in [0.1, 0.15) is 25.0 Å². The summed E-state index contributed by atoms with van der Waals surface area (Å²) in [6.45, 7) is 4.89. The molecule has 6 nitrogen and oxygen atoms in total. The van der Waals surface area contributed by atoms with Gasteiger partial charge in [-0.2, -0.15) is 5.10 Å². The van der Waals surface area contributed by atoms with Crippen molar-refractivity contribution < 1.29 is 9.53 Å². The van der Waals surface area contributed by atoms with Crippen molar-refractivity contribution in [2.75, 3.05) is 13.7 Å². The average molecular weight is 238 g/mol. The molecule has 0 saturated carbocycles. The van der Waals surface area contributed by atoms with Crippen LogP contribution < -0.4 is 0 Å². The first kappa shape index (κ1) is 12.0. The Morgan fingerprint density at radius 2 is 2.41 bits per heavy atom. The molecule has 17 heavy (non-hydrogen) atoms. The number of carbonyl (C=O) groups is 1. The van der Waals surface area contributed by atoms with Crippen LogP contribution in [0.3, 0.4) is 0 Å². The van der Waals surface area contributed by atoms with Gasteiger partial charge in [0, 0.05) is 13.7 Å². The van der Waals surface area contributed by atoms with E-state index in [1.165, 1.54) is 0 Å². The number of nitrogens with zero attached hydrogens (tertiary/aromatic N) is 3. The topological polar surface area (TPSA) is 71.1 Å². The van der Waals surface area contributed by atoms with Crippen molar-refractivity contribution in [3.63, 3.8) is 0 Å². The number of H-pyrrole nitrogens is 1. The Morgan fingerprint density at radius 1 is 1.65 bits per heavy atom. The largest absolute Gasteiger partial charge is 0.378 e. The van der Waals surface area contributed by atoms with Crippen molar-refractivity contribution in [1.82, 2.24) is 20.1 Å².